The number of imide groups is 1. The summed E-state index contributed by atoms with van der Waals surface area (Å²) in [4.78, 5) is 56.1. The lowest BCUT2D eigenvalue weighted by atomic mass is 9.53. The first-order valence-electron chi connectivity index (χ1n) is 12.7. The fourth-order valence-electron chi connectivity index (χ4n) is 4.90. The molecule has 0 aromatic carbocycles. The molecule has 10 nitrogen and oxygen atoms in total. The van der Waals surface area contributed by atoms with Crippen LogP contribution in [0.15, 0.2) is 18.3 Å². The van der Waals surface area contributed by atoms with Crippen LogP contribution in [0.5, 0.6) is 0 Å². The maximum Gasteiger partial charge on any atom is 0.420 e. The van der Waals surface area contributed by atoms with Crippen molar-refractivity contribution in [3.8, 4) is 0 Å². The second-order valence-corrected chi connectivity index (χ2v) is 12.1. The zero-order valence-electron chi connectivity index (χ0n) is 22.9. The lowest BCUT2D eigenvalue weighted by molar-refractivity contribution is -0.165. The Morgan fingerprint density at radius 2 is 1.35 bits per heavy atom. The zero-order valence-corrected chi connectivity index (χ0v) is 22.9. The Hall–Kier alpha value is -3.17. The number of methoxy groups -OCH3 is 1. The van der Waals surface area contributed by atoms with Crippen molar-refractivity contribution in [1.82, 2.24) is 9.88 Å². The molecule has 0 saturated heterocycles. The number of anilines is 1. The molecule has 0 atom stereocenters. The largest absolute Gasteiger partial charge is 0.469 e. The van der Waals surface area contributed by atoms with E-state index in [4.69, 9.17) is 14.2 Å². The molecule has 0 aliphatic heterocycles. The molecule has 3 amide bonds. The number of nitrogens with one attached hydrogen (secondary N) is 1. The van der Waals surface area contributed by atoms with E-state index in [9.17, 15) is 19.2 Å². The number of pyridine rings is 1. The van der Waals surface area contributed by atoms with Crippen LogP contribution >= 0.6 is 0 Å². The van der Waals surface area contributed by atoms with Crippen LogP contribution in [0.1, 0.15) is 85.8 Å². The quantitative estimate of drug-likeness (QED) is 0.417. The third-order valence-corrected chi connectivity index (χ3v) is 6.98. The highest BCUT2D eigenvalue weighted by Gasteiger charge is 2.56. The van der Waals surface area contributed by atoms with Crippen molar-refractivity contribution < 1.29 is 33.4 Å². The van der Waals surface area contributed by atoms with E-state index >= 15 is 0 Å². The summed E-state index contributed by atoms with van der Waals surface area (Å²) in [6, 6.07) is 3.32. The van der Waals surface area contributed by atoms with Crippen LogP contribution < -0.4 is 5.32 Å². The molecule has 2 bridgehead atoms. The standard InChI is InChI=1S/C27H39N3O7/c1-24(2,3)36-22(33)30(23(34)37-25(4,5)6)17-19-9-8-18(16-28-19)29-20(31)26-10-13-27(14-11-26,15-12-26)21(32)35-7/h8-9,16H,10-15,17H2,1-7H3,(H,29,31). The molecule has 1 aromatic rings. The summed E-state index contributed by atoms with van der Waals surface area (Å²) < 4.78 is 15.8. The average Bonchev–Trinajstić information content (AvgIpc) is 2.81. The predicted octanol–water partition coefficient (Wildman–Crippen LogP) is 5.21. The predicted molar refractivity (Wildman–Crippen MR) is 135 cm³/mol. The molecular formula is C27H39N3O7. The molecule has 0 spiro atoms. The second-order valence-electron chi connectivity index (χ2n) is 12.1. The molecule has 1 heterocycles. The molecule has 0 unspecified atom stereocenters. The first-order chi connectivity index (χ1) is 17.1. The van der Waals surface area contributed by atoms with E-state index in [2.05, 4.69) is 10.3 Å². The Bertz CT molecular complexity index is 985. The van der Waals surface area contributed by atoms with E-state index < -0.39 is 34.2 Å². The number of aromatic nitrogens is 1. The summed E-state index contributed by atoms with van der Waals surface area (Å²) in [6.45, 7) is 10.1. The topological polar surface area (TPSA) is 124 Å². The maximum absolute atomic E-state index is 13.2. The molecule has 3 aliphatic rings. The van der Waals surface area contributed by atoms with Gasteiger partial charge in [0, 0.05) is 5.41 Å². The molecule has 37 heavy (non-hydrogen) atoms. The number of carbonyl (C=O) groups excluding carboxylic acids is 4. The fourth-order valence-corrected chi connectivity index (χ4v) is 4.90. The van der Waals surface area contributed by atoms with Gasteiger partial charge in [0.2, 0.25) is 5.91 Å². The number of hydrogen-bond donors (Lipinski definition) is 1. The van der Waals surface area contributed by atoms with Crippen LogP contribution in [-0.4, -0.2) is 52.3 Å². The number of rotatable bonds is 5. The minimum Gasteiger partial charge on any atom is -0.469 e. The van der Waals surface area contributed by atoms with Crippen LogP contribution in [0.25, 0.3) is 0 Å². The van der Waals surface area contributed by atoms with Gasteiger partial charge in [-0.25, -0.2) is 14.5 Å². The van der Waals surface area contributed by atoms with E-state index in [1.165, 1.54) is 13.3 Å². The van der Waals surface area contributed by atoms with E-state index in [0.29, 0.717) is 49.9 Å². The van der Waals surface area contributed by atoms with Crippen molar-refractivity contribution >= 4 is 29.8 Å². The van der Waals surface area contributed by atoms with Gasteiger partial charge in [0.25, 0.3) is 0 Å². The van der Waals surface area contributed by atoms with Crippen molar-refractivity contribution in [3.05, 3.63) is 24.0 Å². The van der Waals surface area contributed by atoms with Gasteiger partial charge in [-0.2, -0.15) is 0 Å². The summed E-state index contributed by atoms with van der Waals surface area (Å²) in [6.07, 6.45) is 3.69. The number of fused-ring (bicyclic) bond motifs is 3. The molecule has 204 valence electrons. The number of amides is 3. The summed E-state index contributed by atoms with van der Waals surface area (Å²) in [5.74, 6) is -0.253. The van der Waals surface area contributed by atoms with E-state index in [-0.39, 0.29) is 18.4 Å². The van der Waals surface area contributed by atoms with Crippen molar-refractivity contribution in [3.63, 3.8) is 0 Å². The lowest BCUT2D eigenvalue weighted by Crippen LogP contribution is -2.51. The highest BCUT2D eigenvalue weighted by Crippen LogP contribution is 2.57. The molecular weight excluding hydrogens is 478 g/mol. The Balaban J connectivity index is 1.67. The lowest BCUT2D eigenvalue weighted by Gasteiger charge is -2.50. The summed E-state index contributed by atoms with van der Waals surface area (Å²) in [7, 11) is 1.41. The first-order valence-corrected chi connectivity index (χ1v) is 12.7. The van der Waals surface area contributed by atoms with Crippen molar-refractivity contribution in [2.45, 2.75) is 97.8 Å². The van der Waals surface area contributed by atoms with Gasteiger partial charge in [0.1, 0.15) is 11.2 Å². The number of ether oxygens (including phenoxy) is 3. The Labute approximate surface area is 218 Å². The number of esters is 1. The van der Waals surface area contributed by atoms with Gasteiger partial charge >= 0.3 is 18.2 Å². The van der Waals surface area contributed by atoms with Crippen molar-refractivity contribution in [2.24, 2.45) is 10.8 Å². The SMILES string of the molecule is COC(=O)C12CCC(C(=O)Nc3ccc(CN(C(=O)OC(C)(C)C)C(=O)OC(C)(C)C)nc3)(CC1)CC2. The summed E-state index contributed by atoms with van der Waals surface area (Å²) >= 11 is 0. The Morgan fingerprint density at radius 1 is 0.865 bits per heavy atom. The molecule has 0 radical (unpaired) electrons. The molecule has 4 rings (SSSR count). The second kappa shape index (κ2) is 10.3. The fraction of sp³-hybridized carbons (Fsp3) is 0.667. The summed E-state index contributed by atoms with van der Waals surface area (Å²) in [5, 5.41) is 2.96. The molecule has 3 fully saturated rings. The van der Waals surface area contributed by atoms with Gasteiger partial charge in [-0.15, -0.1) is 0 Å². The van der Waals surface area contributed by atoms with E-state index in [1.54, 1.807) is 53.7 Å². The summed E-state index contributed by atoms with van der Waals surface area (Å²) in [5.41, 5.74) is -1.61. The van der Waals surface area contributed by atoms with Gasteiger partial charge in [0.05, 0.1) is 36.6 Å². The van der Waals surface area contributed by atoms with Crippen LogP contribution in [0.4, 0.5) is 15.3 Å². The van der Waals surface area contributed by atoms with Crippen molar-refractivity contribution in [1.29, 1.82) is 0 Å². The molecule has 1 aromatic heterocycles. The molecule has 3 saturated carbocycles. The normalized spacial score (nSPS) is 23.1. The number of nitrogens with zero attached hydrogens (tertiary/aromatic N) is 2. The van der Waals surface area contributed by atoms with Crippen LogP contribution in [0, 0.1) is 10.8 Å². The zero-order chi connectivity index (χ0) is 27.6. The van der Waals surface area contributed by atoms with Gasteiger partial charge in [-0.3, -0.25) is 14.6 Å². The first kappa shape index (κ1) is 28.4. The number of carbonyl (C=O) groups is 4. The Morgan fingerprint density at radius 3 is 1.76 bits per heavy atom. The third-order valence-electron chi connectivity index (χ3n) is 6.98. The van der Waals surface area contributed by atoms with Gasteiger partial charge in [0.15, 0.2) is 0 Å². The number of hydrogen-bond acceptors (Lipinski definition) is 8. The van der Waals surface area contributed by atoms with Crippen molar-refractivity contribution in [2.75, 3.05) is 12.4 Å². The molecule has 10 heteroatoms. The third kappa shape index (κ3) is 6.78. The smallest absolute Gasteiger partial charge is 0.420 e. The monoisotopic (exact) mass is 517 g/mol. The Kier molecular flexibility index (Phi) is 7.91. The minimum atomic E-state index is -0.836. The van der Waals surface area contributed by atoms with E-state index in [0.717, 1.165) is 4.90 Å². The van der Waals surface area contributed by atoms with Gasteiger partial charge in [-0.05, 0) is 92.2 Å². The van der Waals surface area contributed by atoms with Crippen LogP contribution in [-0.2, 0) is 30.3 Å². The van der Waals surface area contributed by atoms with Crippen LogP contribution in [0.2, 0.25) is 0 Å². The van der Waals surface area contributed by atoms with Gasteiger partial charge in [-0.1, -0.05) is 0 Å². The van der Waals surface area contributed by atoms with Gasteiger partial charge < -0.3 is 19.5 Å². The maximum atomic E-state index is 13.2. The molecule has 1 N–H and O–H groups in total. The highest BCUT2D eigenvalue weighted by molar-refractivity contribution is 5.96. The molecule has 3 aliphatic carbocycles. The van der Waals surface area contributed by atoms with Crippen LogP contribution in [0.3, 0.4) is 0 Å². The minimum absolute atomic E-state index is 0.0793. The highest BCUT2D eigenvalue weighted by atomic mass is 16.6. The van der Waals surface area contributed by atoms with E-state index in [1.807, 2.05) is 0 Å². The average molecular weight is 518 g/mol.